The molecule has 1 amide bonds. The van der Waals surface area contributed by atoms with Gasteiger partial charge >= 0.3 is 0 Å². The van der Waals surface area contributed by atoms with Gasteiger partial charge in [0.15, 0.2) is 10.6 Å². The molecule has 52 heavy (non-hydrogen) atoms. The minimum atomic E-state index is -1.24. The molecule has 2 heterocycles. The summed E-state index contributed by atoms with van der Waals surface area (Å²) in [7, 11) is 0. The van der Waals surface area contributed by atoms with Crippen molar-refractivity contribution < 1.29 is 18.8 Å². The zero-order chi connectivity index (χ0) is 36.9. The molecule has 4 aromatic rings. The lowest BCUT2D eigenvalue weighted by atomic mass is 9.96. The van der Waals surface area contributed by atoms with E-state index in [9.17, 15) is 9.35 Å². The summed E-state index contributed by atoms with van der Waals surface area (Å²) >= 11 is -1.24. The monoisotopic (exact) mass is 724 g/mol. The predicted octanol–water partition coefficient (Wildman–Crippen LogP) is 9.51. The van der Waals surface area contributed by atoms with Gasteiger partial charge in [0.25, 0.3) is 5.91 Å². The Morgan fingerprint density at radius 3 is 2.54 bits per heavy atom. The number of imidazole rings is 1. The average Bonchev–Trinajstić information content (AvgIpc) is 3.56. The maximum absolute atomic E-state index is 13.8. The van der Waals surface area contributed by atoms with Crippen LogP contribution in [0.15, 0.2) is 77.5 Å². The van der Waals surface area contributed by atoms with Crippen LogP contribution in [0.4, 0.5) is 11.4 Å². The Labute approximate surface area is 313 Å². The fraction of sp³-hybridized carbons (Fsp3) is 0.442. The van der Waals surface area contributed by atoms with Crippen molar-refractivity contribution in [3.05, 3.63) is 95.1 Å². The molecule has 0 spiro atoms. The molecular formula is C43H56N4O4S. The van der Waals surface area contributed by atoms with Gasteiger partial charge < -0.3 is 29.2 Å². The summed E-state index contributed by atoms with van der Waals surface area (Å²) < 4.78 is 24.9. The first-order chi connectivity index (χ1) is 25.2. The van der Waals surface area contributed by atoms with Gasteiger partial charge in [-0.1, -0.05) is 58.7 Å². The lowest BCUT2D eigenvalue weighted by Crippen LogP contribution is -2.30. The van der Waals surface area contributed by atoms with Crippen LogP contribution in [0.3, 0.4) is 0 Å². The van der Waals surface area contributed by atoms with Gasteiger partial charge in [-0.15, -0.1) is 0 Å². The number of amides is 1. The zero-order valence-corrected chi connectivity index (χ0v) is 32.5. The summed E-state index contributed by atoms with van der Waals surface area (Å²) in [4.78, 5) is 24.7. The van der Waals surface area contributed by atoms with Crippen LogP contribution in [0.5, 0.6) is 5.75 Å². The number of hydrogen-bond donors (Lipinski definition) is 2. The van der Waals surface area contributed by atoms with E-state index in [1.165, 1.54) is 0 Å². The molecule has 1 aliphatic rings. The third-order valence-electron chi connectivity index (χ3n) is 9.30. The summed E-state index contributed by atoms with van der Waals surface area (Å²) in [5.74, 6) is 1.60. The van der Waals surface area contributed by atoms with Gasteiger partial charge in [0.1, 0.15) is 12.4 Å². The van der Waals surface area contributed by atoms with Crippen LogP contribution in [0.1, 0.15) is 88.7 Å². The fourth-order valence-electron chi connectivity index (χ4n) is 6.54. The molecule has 2 N–H and O–H groups in total. The van der Waals surface area contributed by atoms with E-state index in [2.05, 4.69) is 84.3 Å². The third-order valence-corrected chi connectivity index (χ3v) is 10.8. The standard InChI is InChI=1S/C43H56N4O4S/c1-6-8-12-39-40(45-30-44-39)29-52(49)42-20-16-37(25-32(42)5)46-43(48)35-11-10-21-47(28-31(3)4)41-19-15-34(26-36(41)27-35)33-13-17-38(18-14-33)51-24-23-50-22-9-7-2/h13-20,25-27,30-31H,6-12,21-24,28-29H2,1-5H3,(H,44,45)(H,46,48). The second kappa shape index (κ2) is 19.7. The Bertz CT molecular complexity index is 1770. The number of benzene rings is 3. The van der Waals surface area contributed by atoms with Crippen LogP contribution in [-0.2, 0) is 32.9 Å². The van der Waals surface area contributed by atoms with Crippen molar-refractivity contribution in [2.75, 3.05) is 43.1 Å². The minimum absolute atomic E-state index is 0.111. The molecule has 0 radical (unpaired) electrons. The Hall–Kier alpha value is -4.05. The number of H-pyrrole nitrogens is 1. The highest BCUT2D eigenvalue weighted by atomic mass is 32.2. The molecule has 5 rings (SSSR count). The first-order valence-electron chi connectivity index (χ1n) is 19.0. The summed E-state index contributed by atoms with van der Waals surface area (Å²) in [5, 5.41) is 3.14. The number of unbranched alkanes of at least 4 members (excludes halogenated alkanes) is 2. The SMILES string of the molecule is CCCCOCCOc1ccc(-c2ccc3c(c2)C=C(C(=O)Nc2ccc([S+]([O-])Cc4[nH]cnc4CCCC)c(C)c2)CCCN3CC(C)C)cc1. The van der Waals surface area contributed by atoms with Crippen molar-refractivity contribution in [2.45, 2.75) is 90.2 Å². The van der Waals surface area contributed by atoms with Crippen LogP contribution in [-0.4, -0.2) is 53.3 Å². The molecular weight excluding hydrogens is 669 g/mol. The Kier molecular flexibility index (Phi) is 14.8. The molecule has 1 aromatic heterocycles. The van der Waals surface area contributed by atoms with E-state index in [1.807, 2.05) is 37.3 Å². The van der Waals surface area contributed by atoms with Crippen molar-refractivity contribution >= 4 is 34.5 Å². The second-order valence-electron chi connectivity index (χ2n) is 14.1. The van der Waals surface area contributed by atoms with Gasteiger partial charge in [-0.05, 0) is 121 Å². The average molecular weight is 725 g/mol. The number of aromatic nitrogens is 2. The van der Waals surface area contributed by atoms with Gasteiger partial charge in [0.2, 0.25) is 0 Å². The first-order valence-corrected chi connectivity index (χ1v) is 20.3. The van der Waals surface area contributed by atoms with E-state index in [1.54, 1.807) is 6.33 Å². The molecule has 0 bridgehead atoms. The zero-order valence-electron chi connectivity index (χ0n) is 31.6. The molecule has 0 saturated carbocycles. The van der Waals surface area contributed by atoms with E-state index in [-0.39, 0.29) is 5.91 Å². The molecule has 0 fully saturated rings. The van der Waals surface area contributed by atoms with Gasteiger partial charge in [0.05, 0.1) is 24.3 Å². The van der Waals surface area contributed by atoms with Crippen molar-refractivity contribution in [1.82, 2.24) is 9.97 Å². The smallest absolute Gasteiger partial charge is 0.251 e. The third kappa shape index (κ3) is 11.0. The summed E-state index contributed by atoms with van der Waals surface area (Å²) in [5.41, 5.74) is 8.60. The van der Waals surface area contributed by atoms with Crippen LogP contribution in [0.2, 0.25) is 0 Å². The summed E-state index contributed by atoms with van der Waals surface area (Å²) in [6.45, 7) is 14.5. The normalized spacial score (nSPS) is 13.7. The summed E-state index contributed by atoms with van der Waals surface area (Å²) in [6, 6.07) is 20.4. The van der Waals surface area contributed by atoms with Crippen molar-refractivity contribution in [3.63, 3.8) is 0 Å². The summed E-state index contributed by atoms with van der Waals surface area (Å²) in [6.07, 6.45) is 10.5. The number of ether oxygens (including phenoxy) is 2. The quantitative estimate of drug-likeness (QED) is 0.0783. The molecule has 9 heteroatoms. The Morgan fingerprint density at radius 1 is 1.00 bits per heavy atom. The number of carbonyl (C=O) groups is 1. The lowest BCUT2D eigenvalue weighted by molar-refractivity contribution is -0.112. The van der Waals surface area contributed by atoms with E-state index in [0.29, 0.717) is 37.0 Å². The number of aryl methyl sites for hydroxylation is 2. The van der Waals surface area contributed by atoms with E-state index >= 15 is 0 Å². The van der Waals surface area contributed by atoms with E-state index < -0.39 is 11.2 Å². The fourth-order valence-corrected chi connectivity index (χ4v) is 7.84. The number of anilines is 2. The highest BCUT2D eigenvalue weighted by Crippen LogP contribution is 2.34. The molecule has 1 aliphatic heterocycles. The van der Waals surface area contributed by atoms with Gasteiger partial charge in [-0.2, -0.15) is 0 Å². The van der Waals surface area contributed by atoms with Crippen molar-refractivity contribution in [2.24, 2.45) is 5.92 Å². The highest BCUT2D eigenvalue weighted by Gasteiger charge is 2.22. The minimum Gasteiger partial charge on any atom is -0.611 e. The van der Waals surface area contributed by atoms with Crippen LogP contribution in [0.25, 0.3) is 17.2 Å². The molecule has 8 nitrogen and oxygen atoms in total. The second-order valence-corrected chi connectivity index (χ2v) is 15.5. The van der Waals surface area contributed by atoms with E-state index in [4.69, 9.17) is 9.47 Å². The van der Waals surface area contributed by atoms with Crippen molar-refractivity contribution in [1.29, 1.82) is 0 Å². The predicted molar refractivity (Wildman–Crippen MR) is 214 cm³/mol. The number of nitrogens with zero attached hydrogens (tertiary/aromatic N) is 2. The lowest BCUT2D eigenvalue weighted by Gasteiger charge is -2.30. The molecule has 1 unspecified atom stereocenters. The number of fused-ring (bicyclic) bond motifs is 1. The maximum Gasteiger partial charge on any atom is 0.251 e. The van der Waals surface area contributed by atoms with Crippen LogP contribution >= 0.6 is 0 Å². The molecule has 0 aliphatic carbocycles. The Morgan fingerprint density at radius 2 is 1.79 bits per heavy atom. The number of aromatic amines is 1. The number of carbonyl (C=O) groups excluding carboxylic acids is 1. The topological polar surface area (TPSA) is 103 Å². The van der Waals surface area contributed by atoms with E-state index in [0.717, 1.165) is 114 Å². The highest BCUT2D eigenvalue weighted by molar-refractivity contribution is 7.90. The largest absolute Gasteiger partial charge is 0.611 e. The van der Waals surface area contributed by atoms with Crippen LogP contribution < -0.4 is 15.0 Å². The Balaban J connectivity index is 1.31. The van der Waals surface area contributed by atoms with Crippen molar-refractivity contribution in [3.8, 4) is 16.9 Å². The molecule has 0 saturated heterocycles. The number of rotatable bonds is 18. The van der Waals surface area contributed by atoms with Gasteiger partial charge in [-0.3, -0.25) is 4.79 Å². The van der Waals surface area contributed by atoms with Gasteiger partial charge in [0, 0.05) is 42.2 Å². The number of hydrogen-bond acceptors (Lipinski definition) is 6. The molecule has 1 atom stereocenters. The maximum atomic E-state index is 13.8. The van der Waals surface area contributed by atoms with Gasteiger partial charge in [-0.25, -0.2) is 4.98 Å². The molecule has 278 valence electrons. The van der Waals surface area contributed by atoms with Crippen LogP contribution in [0, 0.1) is 12.8 Å². The first kappa shape index (κ1) is 39.2. The molecule has 3 aromatic carbocycles. The number of nitrogens with one attached hydrogen (secondary N) is 2.